The average molecular weight is 575 g/mol. The van der Waals surface area contributed by atoms with Gasteiger partial charge in [-0.1, -0.05) is 23.5 Å². The van der Waals surface area contributed by atoms with Crippen molar-refractivity contribution in [1.82, 2.24) is 14.2 Å². The van der Waals surface area contributed by atoms with E-state index >= 15 is 0 Å². The highest BCUT2D eigenvalue weighted by atomic mass is 32.2. The maximum atomic E-state index is 13.9. The molecule has 2 aromatic carbocycles. The van der Waals surface area contributed by atoms with Crippen LogP contribution in [0.4, 0.5) is 9.52 Å². The van der Waals surface area contributed by atoms with Crippen molar-refractivity contribution in [2.75, 3.05) is 57.4 Å². The summed E-state index contributed by atoms with van der Waals surface area (Å²) in [6.45, 7) is 9.29. The normalized spacial score (nSPS) is 18.0. The maximum absolute atomic E-state index is 13.9. The lowest BCUT2D eigenvalue weighted by molar-refractivity contribution is -0.123. The fourth-order valence-electron chi connectivity index (χ4n) is 5.26. The standard InChI is InChI=1S/C28H35FN4O4S2/c1-20-4-5-21(2)26-25(20)30-28(38-26)33(13-3-12-31-16-18-37-19-17-31)27(34)22-10-14-32(15-11-22)39(35,36)24-8-6-23(29)7-9-24/h4-9,22H,3,10-19H2,1-2H3. The number of rotatable bonds is 8. The summed E-state index contributed by atoms with van der Waals surface area (Å²) in [6.07, 6.45) is 1.68. The summed E-state index contributed by atoms with van der Waals surface area (Å²) in [7, 11) is -3.74. The first-order valence-electron chi connectivity index (χ1n) is 13.5. The number of amides is 1. The fraction of sp³-hybridized carbons (Fsp3) is 0.500. The molecule has 5 rings (SSSR count). The van der Waals surface area contributed by atoms with Crippen LogP contribution in [-0.2, 0) is 19.6 Å². The molecule has 11 heteroatoms. The van der Waals surface area contributed by atoms with E-state index in [9.17, 15) is 17.6 Å². The number of morpholine rings is 1. The van der Waals surface area contributed by atoms with Crippen molar-refractivity contribution in [3.05, 3.63) is 53.3 Å². The Balaban J connectivity index is 1.32. The third-order valence-electron chi connectivity index (χ3n) is 7.64. The number of aromatic nitrogens is 1. The van der Waals surface area contributed by atoms with Crippen molar-refractivity contribution in [2.24, 2.45) is 5.92 Å². The number of ether oxygens (including phenoxy) is 1. The Morgan fingerprint density at radius 2 is 1.72 bits per heavy atom. The molecule has 8 nitrogen and oxygen atoms in total. The predicted molar refractivity (Wildman–Crippen MR) is 151 cm³/mol. The van der Waals surface area contributed by atoms with Crippen molar-refractivity contribution in [2.45, 2.75) is 38.0 Å². The molecule has 2 saturated heterocycles. The number of halogens is 1. The first-order valence-corrected chi connectivity index (χ1v) is 15.7. The first kappa shape index (κ1) is 28.1. The highest BCUT2D eigenvalue weighted by Crippen LogP contribution is 2.35. The molecule has 2 aliphatic rings. The van der Waals surface area contributed by atoms with Crippen molar-refractivity contribution in [3.8, 4) is 0 Å². The van der Waals surface area contributed by atoms with E-state index in [1.807, 2.05) is 11.8 Å². The molecule has 1 amide bonds. The van der Waals surface area contributed by atoms with Gasteiger partial charge in [-0.2, -0.15) is 4.31 Å². The molecule has 1 aromatic heterocycles. The van der Waals surface area contributed by atoms with Gasteiger partial charge in [0.05, 0.1) is 28.3 Å². The lowest BCUT2D eigenvalue weighted by Gasteiger charge is -2.33. The van der Waals surface area contributed by atoms with Crippen LogP contribution in [-0.4, -0.2) is 81.0 Å². The van der Waals surface area contributed by atoms with Gasteiger partial charge in [-0.3, -0.25) is 14.6 Å². The van der Waals surface area contributed by atoms with Gasteiger partial charge in [-0.15, -0.1) is 0 Å². The molecule has 3 heterocycles. The molecule has 0 spiro atoms. The van der Waals surface area contributed by atoms with Crippen LogP contribution in [0.25, 0.3) is 10.2 Å². The summed E-state index contributed by atoms with van der Waals surface area (Å²) in [4.78, 5) is 23.1. The highest BCUT2D eigenvalue weighted by Gasteiger charge is 2.35. The van der Waals surface area contributed by atoms with Gasteiger partial charge in [0.15, 0.2) is 5.13 Å². The zero-order valence-electron chi connectivity index (χ0n) is 22.4. The number of carbonyl (C=O) groups excluding carboxylic acids is 1. The highest BCUT2D eigenvalue weighted by molar-refractivity contribution is 7.89. The number of anilines is 1. The minimum Gasteiger partial charge on any atom is -0.379 e. The first-order chi connectivity index (χ1) is 18.7. The number of benzene rings is 2. The van der Waals surface area contributed by atoms with Crippen LogP contribution in [0.5, 0.6) is 0 Å². The van der Waals surface area contributed by atoms with E-state index in [2.05, 4.69) is 24.0 Å². The monoisotopic (exact) mass is 574 g/mol. The van der Waals surface area contributed by atoms with Gasteiger partial charge in [0.1, 0.15) is 5.82 Å². The van der Waals surface area contributed by atoms with Crippen molar-refractivity contribution < 1.29 is 22.3 Å². The molecule has 0 N–H and O–H groups in total. The van der Waals surface area contributed by atoms with Gasteiger partial charge in [0.25, 0.3) is 0 Å². The Labute approximate surface area is 233 Å². The Morgan fingerprint density at radius 1 is 1.05 bits per heavy atom. The van der Waals surface area contributed by atoms with E-state index < -0.39 is 15.8 Å². The minimum absolute atomic E-state index is 0.00479. The lowest BCUT2D eigenvalue weighted by Crippen LogP contribution is -2.45. The molecule has 0 bridgehead atoms. The quantitative estimate of drug-likeness (QED) is 0.401. The second-order valence-electron chi connectivity index (χ2n) is 10.3. The number of nitrogens with zero attached hydrogens (tertiary/aromatic N) is 4. The van der Waals surface area contributed by atoms with E-state index in [4.69, 9.17) is 9.72 Å². The molecule has 210 valence electrons. The van der Waals surface area contributed by atoms with Crippen molar-refractivity contribution >= 4 is 42.6 Å². The van der Waals surface area contributed by atoms with Crippen molar-refractivity contribution in [1.29, 1.82) is 0 Å². The topological polar surface area (TPSA) is 83.0 Å². The van der Waals surface area contributed by atoms with Gasteiger partial charge in [-0.25, -0.2) is 17.8 Å². The number of thiazole rings is 1. The molecule has 39 heavy (non-hydrogen) atoms. The summed E-state index contributed by atoms with van der Waals surface area (Å²) in [6, 6.07) is 9.02. The number of carbonyl (C=O) groups is 1. The summed E-state index contributed by atoms with van der Waals surface area (Å²) in [5, 5.41) is 0.704. The third kappa shape index (κ3) is 6.17. The molecule has 2 aliphatic heterocycles. The second kappa shape index (κ2) is 12.0. The van der Waals surface area contributed by atoms with Crippen molar-refractivity contribution in [3.63, 3.8) is 0 Å². The largest absolute Gasteiger partial charge is 0.379 e. The molecule has 0 unspecified atom stereocenters. The minimum atomic E-state index is -3.74. The smallest absolute Gasteiger partial charge is 0.243 e. The molecule has 0 saturated carbocycles. The van der Waals surface area contributed by atoms with E-state index in [0.29, 0.717) is 24.5 Å². The van der Waals surface area contributed by atoms with Crippen LogP contribution in [0.3, 0.4) is 0 Å². The Kier molecular flexibility index (Phi) is 8.63. The van der Waals surface area contributed by atoms with Crippen LogP contribution in [0.15, 0.2) is 41.3 Å². The summed E-state index contributed by atoms with van der Waals surface area (Å²) in [5.41, 5.74) is 3.15. The van der Waals surface area contributed by atoms with Crippen LogP contribution >= 0.6 is 11.3 Å². The van der Waals surface area contributed by atoms with Gasteiger partial charge in [-0.05, 0) is 68.5 Å². The van der Waals surface area contributed by atoms with Crippen LogP contribution in [0, 0.1) is 25.6 Å². The predicted octanol–water partition coefficient (Wildman–Crippen LogP) is 4.21. The third-order valence-corrected chi connectivity index (χ3v) is 10.8. The van der Waals surface area contributed by atoms with E-state index in [1.54, 1.807) is 11.3 Å². The number of hydrogen-bond donors (Lipinski definition) is 0. The zero-order chi connectivity index (χ0) is 27.6. The summed E-state index contributed by atoms with van der Waals surface area (Å²) < 4.78 is 47.4. The number of hydrogen-bond acceptors (Lipinski definition) is 7. The van der Waals surface area contributed by atoms with E-state index in [1.165, 1.54) is 16.4 Å². The fourth-order valence-corrected chi connectivity index (χ4v) is 7.87. The molecule has 2 fully saturated rings. The van der Waals surface area contributed by atoms with Gasteiger partial charge in [0, 0.05) is 45.2 Å². The summed E-state index contributed by atoms with van der Waals surface area (Å²) >= 11 is 1.55. The van der Waals surface area contributed by atoms with Crippen LogP contribution in [0.2, 0.25) is 0 Å². The van der Waals surface area contributed by atoms with E-state index in [0.717, 1.165) is 72.7 Å². The average Bonchev–Trinajstić information content (AvgIpc) is 3.40. The molecule has 3 aromatic rings. The number of aryl methyl sites for hydroxylation is 2. The lowest BCUT2D eigenvalue weighted by atomic mass is 9.96. The molecule has 0 aliphatic carbocycles. The zero-order valence-corrected chi connectivity index (χ0v) is 24.1. The molecule has 0 atom stereocenters. The summed E-state index contributed by atoms with van der Waals surface area (Å²) in [5.74, 6) is -0.764. The molecular weight excluding hydrogens is 539 g/mol. The Morgan fingerprint density at radius 3 is 2.38 bits per heavy atom. The van der Waals surface area contributed by atoms with Gasteiger partial charge in [0.2, 0.25) is 15.9 Å². The second-order valence-corrected chi connectivity index (χ2v) is 13.2. The maximum Gasteiger partial charge on any atom is 0.243 e. The number of piperidine rings is 1. The Bertz CT molecular complexity index is 1370. The number of fused-ring (bicyclic) bond motifs is 1. The molecular formula is C28H35FN4O4S2. The van der Waals surface area contributed by atoms with Crippen LogP contribution < -0.4 is 4.90 Å². The van der Waals surface area contributed by atoms with Gasteiger partial charge >= 0.3 is 0 Å². The SMILES string of the molecule is Cc1ccc(C)c2sc(N(CCCN3CCOCC3)C(=O)C3CCN(S(=O)(=O)c4ccc(F)cc4)CC3)nc12. The van der Waals surface area contributed by atoms with Crippen LogP contribution in [0.1, 0.15) is 30.4 Å². The Hall–Kier alpha value is -2.44. The number of sulfonamides is 1. The van der Waals surface area contributed by atoms with E-state index in [-0.39, 0.29) is 29.8 Å². The van der Waals surface area contributed by atoms with Gasteiger partial charge < -0.3 is 4.74 Å². The molecule has 0 radical (unpaired) electrons.